The van der Waals surface area contributed by atoms with Gasteiger partial charge in [-0.2, -0.15) is 25.8 Å². The Hall–Kier alpha value is -0.970. The van der Waals surface area contributed by atoms with Gasteiger partial charge in [0.25, 0.3) is 0 Å². The molecule has 0 spiro atoms. The van der Waals surface area contributed by atoms with Crippen LogP contribution in [0.2, 0.25) is 0 Å². The number of hydrogen-bond acceptors (Lipinski definition) is 1. The van der Waals surface area contributed by atoms with Gasteiger partial charge in [0.1, 0.15) is 5.82 Å². The molecule has 0 unspecified atom stereocenters. The van der Waals surface area contributed by atoms with Crippen LogP contribution in [-0.4, -0.2) is 5.75 Å². The molecule has 0 atom stereocenters. The summed E-state index contributed by atoms with van der Waals surface area (Å²) >= 11 is 3.92. The summed E-state index contributed by atoms with van der Waals surface area (Å²) in [5.41, 5.74) is -0.987. The number of hydrogen-bond donors (Lipinski definition) is 1. The third-order valence-corrected chi connectivity index (χ3v) is 2.17. The Morgan fingerprint density at radius 2 is 1.94 bits per heavy atom. The molecule has 0 nitrogen and oxygen atoms in total. The van der Waals surface area contributed by atoms with Crippen molar-refractivity contribution in [3.05, 3.63) is 41.2 Å². The van der Waals surface area contributed by atoms with Crippen molar-refractivity contribution >= 4 is 18.7 Å². The van der Waals surface area contributed by atoms with Crippen LogP contribution in [0.4, 0.5) is 17.6 Å². The second kappa shape index (κ2) is 5.39. The number of alkyl halides is 3. The molecule has 16 heavy (non-hydrogen) atoms. The zero-order valence-corrected chi connectivity index (χ0v) is 9.15. The lowest BCUT2D eigenvalue weighted by atomic mass is 10.1. The molecule has 0 bridgehead atoms. The summed E-state index contributed by atoms with van der Waals surface area (Å²) in [7, 11) is 0. The highest BCUT2D eigenvalue weighted by molar-refractivity contribution is 7.80. The molecule has 0 amide bonds. The quantitative estimate of drug-likeness (QED) is 0.604. The van der Waals surface area contributed by atoms with Gasteiger partial charge in [-0.05, 0) is 35.9 Å². The monoisotopic (exact) mass is 250 g/mol. The Bertz CT molecular complexity index is 382. The predicted molar refractivity (Wildman–Crippen MR) is 58.9 cm³/mol. The van der Waals surface area contributed by atoms with Crippen molar-refractivity contribution in [1.29, 1.82) is 0 Å². The van der Waals surface area contributed by atoms with Crippen LogP contribution in [0.25, 0.3) is 6.08 Å². The van der Waals surface area contributed by atoms with Gasteiger partial charge in [0.15, 0.2) is 0 Å². The molecule has 1 aromatic carbocycles. The molecule has 0 heterocycles. The summed E-state index contributed by atoms with van der Waals surface area (Å²) in [6.07, 6.45) is -1.12. The second-order valence-corrected chi connectivity index (χ2v) is 3.59. The molecule has 0 saturated carbocycles. The lowest BCUT2D eigenvalue weighted by Crippen LogP contribution is -2.07. The summed E-state index contributed by atoms with van der Waals surface area (Å²) in [5.74, 6) is -0.147. The van der Waals surface area contributed by atoms with E-state index in [1.54, 1.807) is 0 Å². The summed E-state index contributed by atoms with van der Waals surface area (Å²) in [4.78, 5) is 0. The summed E-state index contributed by atoms with van der Waals surface area (Å²) < 4.78 is 50.4. The fraction of sp³-hybridized carbons (Fsp3) is 0.273. The van der Waals surface area contributed by atoms with Gasteiger partial charge in [0.05, 0.1) is 5.56 Å². The van der Waals surface area contributed by atoms with Crippen LogP contribution < -0.4 is 0 Å². The van der Waals surface area contributed by atoms with Gasteiger partial charge in [-0.1, -0.05) is 12.2 Å². The van der Waals surface area contributed by atoms with Crippen molar-refractivity contribution in [2.75, 3.05) is 5.75 Å². The highest BCUT2D eigenvalue weighted by Gasteiger charge is 2.32. The van der Waals surface area contributed by atoms with E-state index in [-0.39, 0.29) is 5.56 Å². The van der Waals surface area contributed by atoms with Gasteiger partial charge in [-0.3, -0.25) is 0 Å². The molecular formula is C11H10F4S. The Morgan fingerprint density at radius 1 is 1.25 bits per heavy atom. The fourth-order valence-electron chi connectivity index (χ4n) is 1.21. The molecule has 0 aliphatic rings. The van der Waals surface area contributed by atoms with Crippen LogP contribution in [0, 0.1) is 5.82 Å². The lowest BCUT2D eigenvalue weighted by Gasteiger charge is -2.10. The van der Waals surface area contributed by atoms with Gasteiger partial charge in [0, 0.05) is 0 Å². The van der Waals surface area contributed by atoms with Crippen molar-refractivity contribution in [1.82, 2.24) is 0 Å². The van der Waals surface area contributed by atoms with E-state index in [9.17, 15) is 17.6 Å². The van der Waals surface area contributed by atoms with E-state index in [4.69, 9.17) is 0 Å². The van der Waals surface area contributed by atoms with Crippen molar-refractivity contribution in [3.8, 4) is 0 Å². The Kier molecular flexibility index (Phi) is 4.41. The van der Waals surface area contributed by atoms with Gasteiger partial charge in [-0.15, -0.1) is 0 Å². The SMILES string of the molecule is Fc1ccc(C(F)(F)F)c(C=CCCS)c1. The van der Waals surface area contributed by atoms with Crippen molar-refractivity contribution in [2.45, 2.75) is 12.6 Å². The number of benzene rings is 1. The molecule has 0 fully saturated rings. The maximum atomic E-state index is 12.8. The van der Waals surface area contributed by atoms with Gasteiger partial charge < -0.3 is 0 Å². The Balaban J connectivity index is 3.09. The molecule has 1 rings (SSSR count). The van der Waals surface area contributed by atoms with Crippen molar-refractivity contribution < 1.29 is 17.6 Å². The highest BCUT2D eigenvalue weighted by atomic mass is 32.1. The summed E-state index contributed by atoms with van der Waals surface area (Å²) in [6.45, 7) is 0. The molecule has 1 aromatic rings. The molecule has 0 aromatic heterocycles. The van der Waals surface area contributed by atoms with Crippen molar-refractivity contribution in [3.63, 3.8) is 0 Å². The van der Waals surface area contributed by atoms with Gasteiger partial charge in [0.2, 0.25) is 0 Å². The minimum absolute atomic E-state index is 0.158. The van der Waals surface area contributed by atoms with E-state index in [2.05, 4.69) is 12.6 Å². The predicted octanol–water partition coefficient (Wildman–Crippen LogP) is 4.18. The fourth-order valence-corrected chi connectivity index (χ4v) is 1.36. The standard InChI is InChI=1S/C11H10F4S/c12-9-4-5-10(11(13,14)15)8(7-9)3-1-2-6-16/h1,3-5,7,16H,2,6H2. The first-order valence-electron chi connectivity index (χ1n) is 4.59. The molecule has 0 aliphatic carbocycles. The highest BCUT2D eigenvalue weighted by Crippen LogP contribution is 2.32. The third-order valence-electron chi connectivity index (χ3n) is 1.91. The number of rotatable bonds is 3. The summed E-state index contributed by atoms with van der Waals surface area (Å²) in [5, 5.41) is 0. The van der Waals surface area contributed by atoms with Crippen LogP contribution in [-0.2, 0) is 6.18 Å². The van der Waals surface area contributed by atoms with Crippen LogP contribution >= 0.6 is 12.6 Å². The molecule has 0 N–H and O–H groups in total. The lowest BCUT2D eigenvalue weighted by molar-refractivity contribution is -0.137. The van der Waals surface area contributed by atoms with E-state index in [1.165, 1.54) is 12.2 Å². The average Bonchev–Trinajstić information content (AvgIpc) is 2.16. The zero-order valence-electron chi connectivity index (χ0n) is 8.26. The first-order valence-corrected chi connectivity index (χ1v) is 5.22. The van der Waals surface area contributed by atoms with Gasteiger partial charge in [-0.25, -0.2) is 4.39 Å². The van der Waals surface area contributed by atoms with Crippen LogP contribution in [0.5, 0.6) is 0 Å². The van der Waals surface area contributed by atoms with Crippen LogP contribution in [0.3, 0.4) is 0 Å². The maximum Gasteiger partial charge on any atom is 0.416 e. The topological polar surface area (TPSA) is 0 Å². The number of thiol groups is 1. The normalized spacial score (nSPS) is 12.3. The number of allylic oxidation sites excluding steroid dienone is 1. The van der Waals surface area contributed by atoms with E-state index >= 15 is 0 Å². The zero-order chi connectivity index (χ0) is 12.2. The first kappa shape index (κ1) is 13.1. The van der Waals surface area contributed by atoms with Crippen LogP contribution in [0.15, 0.2) is 24.3 Å². The van der Waals surface area contributed by atoms with Gasteiger partial charge >= 0.3 is 6.18 Å². The second-order valence-electron chi connectivity index (χ2n) is 3.14. The van der Waals surface area contributed by atoms with E-state index in [1.807, 2.05) is 0 Å². The molecule has 5 heteroatoms. The Morgan fingerprint density at radius 3 is 2.50 bits per heavy atom. The average molecular weight is 250 g/mol. The molecular weight excluding hydrogens is 240 g/mol. The van der Waals surface area contributed by atoms with Crippen molar-refractivity contribution in [2.24, 2.45) is 0 Å². The molecule has 0 radical (unpaired) electrons. The van der Waals surface area contributed by atoms with E-state index in [0.717, 1.165) is 18.2 Å². The van der Waals surface area contributed by atoms with Crippen LogP contribution in [0.1, 0.15) is 17.5 Å². The smallest absolute Gasteiger partial charge is 0.207 e. The third kappa shape index (κ3) is 3.56. The first-order chi connectivity index (χ1) is 7.45. The maximum absolute atomic E-state index is 12.8. The minimum atomic E-state index is -4.46. The molecule has 0 saturated heterocycles. The Labute approximate surface area is 96.4 Å². The minimum Gasteiger partial charge on any atom is -0.207 e. The molecule has 88 valence electrons. The molecule has 0 aliphatic heterocycles. The summed E-state index contributed by atoms with van der Waals surface area (Å²) in [6, 6.07) is 2.42. The van der Waals surface area contributed by atoms with E-state index < -0.39 is 17.6 Å². The number of halogens is 4. The largest absolute Gasteiger partial charge is 0.416 e. The van der Waals surface area contributed by atoms with E-state index in [0.29, 0.717) is 12.2 Å².